The lowest BCUT2D eigenvalue weighted by molar-refractivity contribution is 0.0995. The number of rotatable bonds is 10. The molecule has 0 aliphatic heterocycles. The summed E-state index contributed by atoms with van der Waals surface area (Å²) < 4.78 is 11.1. The molecule has 0 heterocycles. The molecule has 2 aromatic carbocycles. The van der Waals surface area contributed by atoms with E-state index in [-0.39, 0.29) is 17.5 Å². The summed E-state index contributed by atoms with van der Waals surface area (Å²) >= 11 is 0. The number of carbonyl (C=O) groups excluding carboxylic acids is 2. The van der Waals surface area contributed by atoms with Crippen molar-refractivity contribution >= 4 is 23.1 Å². The van der Waals surface area contributed by atoms with Crippen molar-refractivity contribution in [1.29, 1.82) is 0 Å². The van der Waals surface area contributed by atoms with Crippen molar-refractivity contribution in [2.45, 2.75) is 40.2 Å². The first kappa shape index (κ1) is 23.8. The summed E-state index contributed by atoms with van der Waals surface area (Å²) in [6, 6.07) is 9.99. The second kappa shape index (κ2) is 10.5. The highest BCUT2D eigenvalue weighted by Gasteiger charge is 2.15. The Morgan fingerprint density at radius 1 is 1.03 bits per heavy atom. The molecule has 2 rings (SSSR count). The zero-order valence-corrected chi connectivity index (χ0v) is 18.7. The molecule has 5 N–H and O–H groups in total. The first-order valence-corrected chi connectivity index (χ1v) is 10.2. The lowest BCUT2D eigenvalue weighted by Gasteiger charge is -2.16. The van der Waals surface area contributed by atoms with E-state index in [9.17, 15) is 9.59 Å². The second-order valence-corrected chi connectivity index (χ2v) is 7.96. The average Bonchev–Trinajstić information content (AvgIpc) is 2.66. The van der Waals surface area contributed by atoms with E-state index < -0.39 is 5.91 Å². The van der Waals surface area contributed by atoms with Crippen LogP contribution in [0, 0.1) is 5.92 Å². The molecule has 2 aromatic rings. The number of anilines is 2. The maximum atomic E-state index is 13.1. The van der Waals surface area contributed by atoms with Gasteiger partial charge in [-0.2, -0.15) is 0 Å². The minimum absolute atomic E-state index is 0.0955. The van der Waals surface area contributed by atoms with Gasteiger partial charge < -0.3 is 26.3 Å². The lowest BCUT2D eigenvalue weighted by Crippen LogP contribution is -2.13. The fraction of sp³-hybridized carbons (Fsp3) is 0.333. The predicted molar refractivity (Wildman–Crippen MR) is 124 cm³/mol. The summed E-state index contributed by atoms with van der Waals surface area (Å²) in [5.74, 6) is 0.347. The molecule has 7 heteroatoms. The molecule has 0 radical (unpaired) electrons. The number of hydrogen-bond acceptors (Lipinski definition) is 6. The Kier molecular flexibility index (Phi) is 8.07. The highest BCUT2D eigenvalue weighted by molar-refractivity contribution is 6.07. The zero-order chi connectivity index (χ0) is 23.1. The van der Waals surface area contributed by atoms with Crippen molar-refractivity contribution in [3.8, 4) is 11.5 Å². The van der Waals surface area contributed by atoms with Gasteiger partial charge in [0.05, 0.1) is 24.3 Å². The van der Waals surface area contributed by atoms with E-state index in [0.29, 0.717) is 40.8 Å². The normalized spacial score (nSPS) is 11.5. The SMILES string of the molecule is COc1cc(N/C(=C\C(=O)c2ccc(N)cc2OC(C)C)CC(C)C)ccc1C(N)=O. The van der Waals surface area contributed by atoms with E-state index in [1.54, 1.807) is 42.5 Å². The maximum Gasteiger partial charge on any atom is 0.252 e. The molecule has 31 heavy (non-hydrogen) atoms. The molecular weight excluding hydrogens is 394 g/mol. The number of allylic oxidation sites excluding steroid dienone is 2. The summed E-state index contributed by atoms with van der Waals surface area (Å²) in [5, 5.41) is 3.27. The van der Waals surface area contributed by atoms with Gasteiger partial charge in [-0.05, 0) is 50.5 Å². The molecule has 0 spiro atoms. The van der Waals surface area contributed by atoms with Gasteiger partial charge in [-0.1, -0.05) is 13.8 Å². The molecule has 0 saturated heterocycles. The van der Waals surface area contributed by atoms with Crippen molar-refractivity contribution < 1.29 is 19.1 Å². The van der Waals surface area contributed by atoms with Crippen molar-refractivity contribution in [2.24, 2.45) is 11.7 Å². The summed E-state index contributed by atoms with van der Waals surface area (Å²) in [7, 11) is 1.47. The number of primary amides is 1. The van der Waals surface area contributed by atoms with Crippen molar-refractivity contribution in [3.63, 3.8) is 0 Å². The van der Waals surface area contributed by atoms with Gasteiger partial charge in [-0.25, -0.2) is 0 Å². The van der Waals surface area contributed by atoms with Gasteiger partial charge in [0, 0.05) is 35.3 Å². The van der Waals surface area contributed by atoms with Gasteiger partial charge >= 0.3 is 0 Å². The number of ketones is 1. The largest absolute Gasteiger partial charge is 0.496 e. The number of amides is 1. The van der Waals surface area contributed by atoms with Crippen molar-refractivity contribution in [3.05, 3.63) is 59.3 Å². The highest BCUT2D eigenvalue weighted by atomic mass is 16.5. The van der Waals surface area contributed by atoms with Crippen LogP contribution in [0.15, 0.2) is 48.2 Å². The molecule has 0 atom stereocenters. The zero-order valence-electron chi connectivity index (χ0n) is 18.7. The molecule has 0 unspecified atom stereocenters. The first-order valence-electron chi connectivity index (χ1n) is 10.2. The number of nitrogens with one attached hydrogen (secondary N) is 1. The van der Waals surface area contributed by atoms with Crippen LogP contribution in [-0.4, -0.2) is 24.9 Å². The van der Waals surface area contributed by atoms with E-state index in [2.05, 4.69) is 19.2 Å². The molecule has 0 aromatic heterocycles. The Balaban J connectivity index is 2.39. The van der Waals surface area contributed by atoms with Gasteiger partial charge in [0.2, 0.25) is 0 Å². The van der Waals surface area contributed by atoms with Crippen LogP contribution in [0.5, 0.6) is 11.5 Å². The third kappa shape index (κ3) is 6.77. The van der Waals surface area contributed by atoms with Crippen LogP contribution < -0.4 is 26.3 Å². The molecule has 1 amide bonds. The third-order valence-corrected chi connectivity index (χ3v) is 4.34. The summed E-state index contributed by atoms with van der Waals surface area (Å²) in [6.07, 6.45) is 2.11. The predicted octanol–water partition coefficient (Wildman–Crippen LogP) is 4.39. The Hall–Kier alpha value is -3.48. The van der Waals surface area contributed by atoms with Crippen LogP contribution in [0.3, 0.4) is 0 Å². The molecular formula is C24H31N3O4. The quantitative estimate of drug-likeness (QED) is 0.295. The minimum Gasteiger partial charge on any atom is -0.496 e. The lowest BCUT2D eigenvalue weighted by atomic mass is 10.0. The van der Waals surface area contributed by atoms with Crippen LogP contribution in [0.25, 0.3) is 0 Å². The Morgan fingerprint density at radius 2 is 1.71 bits per heavy atom. The van der Waals surface area contributed by atoms with Crippen molar-refractivity contribution in [1.82, 2.24) is 0 Å². The van der Waals surface area contributed by atoms with E-state index in [1.165, 1.54) is 7.11 Å². The fourth-order valence-electron chi connectivity index (χ4n) is 3.07. The summed E-state index contributed by atoms with van der Waals surface area (Å²) in [5.41, 5.74) is 13.9. The Labute approximate surface area is 183 Å². The minimum atomic E-state index is -0.572. The number of hydrogen-bond donors (Lipinski definition) is 3. The number of methoxy groups -OCH3 is 1. The summed E-state index contributed by atoms with van der Waals surface area (Å²) in [6.45, 7) is 7.91. The Bertz CT molecular complexity index is 981. The topological polar surface area (TPSA) is 117 Å². The Morgan fingerprint density at radius 3 is 2.29 bits per heavy atom. The molecule has 0 bridgehead atoms. The maximum absolute atomic E-state index is 13.1. The van der Waals surface area contributed by atoms with Crippen LogP contribution >= 0.6 is 0 Å². The van der Waals surface area contributed by atoms with E-state index >= 15 is 0 Å². The third-order valence-electron chi connectivity index (χ3n) is 4.34. The van der Waals surface area contributed by atoms with E-state index in [1.807, 2.05) is 13.8 Å². The molecule has 0 aliphatic rings. The smallest absolute Gasteiger partial charge is 0.252 e. The molecule has 0 fully saturated rings. The van der Waals surface area contributed by atoms with Crippen LogP contribution in [0.4, 0.5) is 11.4 Å². The van der Waals surface area contributed by atoms with Crippen LogP contribution in [0.1, 0.15) is 54.8 Å². The number of carbonyl (C=O) groups is 2. The standard InChI is InChI=1S/C24H31N3O4/c1-14(2)10-18(27-17-7-9-20(24(26)29)22(13-17)30-5)12-21(28)19-8-6-16(25)11-23(19)31-15(3)4/h6-9,11-15,27H,10,25H2,1-5H3,(H2,26,29)/b18-12-. The number of ether oxygens (including phenoxy) is 2. The van der Waals surface area contributed by atoms with Gasteiger partial charge in [-0.15, -0.1) is 0 Å². The highest BCUT2D eigenvalue weighted by Crippen LogP contribution is 2.27. The van der Waals surface area contributed by atoms with Crippen LogP contribution in [-0.2, 0) is 0 Å². The van der Waals surface area contributed by atoms with Crippen molar-refractivity contribution in [2.75, 3.05) is 18.2 Å². The molecule has 0 aliphatic carbocycles. The van der Waals surface area contributed by atoms with Gasteiger partial charge in [0.15, 0.2) is 5.78 Å². The number of benzene rings is 2. The van der Waals surface area contributed by atoms with E-state index in [4.69, 9.17) is 20.9 Å². The fourth-order valence-corrected chi connectivity index (χ4v) is 3.07. The monoisotopic (exact) mass is 425 g/mol. The van der Waals surface area contributed by atoms with E-state index in [0.717, 1.165) is 5.70 Å². The average molecular weight is 426 g/mol. The summed E-state index contributed by atoms with van der Waals surface area (Å²) in [4.78, 5) is 24.6. The molecule has 7 nitrogen and oxygen atoms in total. The van der Waals surface area contributed by atoms with Crippen LogP contribution in [0.2, 0.25) is 0 Å². The number of nitrogens with two attached hydrogens (primary N) is 2. The number of nitrogen functional groups attached to an aromatic ring is 1. The molecule has 166 valence electrons. The second-order valence-electron chi connectivity index (χ2n) is 7.96. The van der Waals surface area contributed by atoms with Gasteiger partial charge in [-0.3, -0.25) is 9.59 Å². The molecule has 0 saturated carbocycles. The van der Waals surface area contributed by atoms with Gasteiger partial charge in [0.25, 0.3) is 5.91 Å². The first-order chi connectivity index (χ1) is 14.6. The van der Waals surface area contributed by atoms with Gasteiger partial charge in [0.1, 0.15) is 11.5 Å².